The van der Waals surface area contributed by atoms with Gasteiger partial charge in [0.25, 0.3) is 0 Å². The summed E-state index contributed by atoms with van der Waals surface area (Å²) in [5.74, 6) is 0. The molecule has 12 heavy (non-hydrogen) atoms. The fraction of sp³-hybridized carbons (Fsp3) is 0.143. The third-order valence-electron chi connectivity index (χ3n) is 1.71. The molecule has 0 saturated carbocycles. The zero-order valence-corrected chi connectivity index (χ0v) is 6.34. The SMILES string of the molecule is [O-][N+]1(c2ccccc2)CN=NN1. The van der Waals surface area contributed by atoms with Gasteiger partial charge in [-0.05, 0) is 5.22 Å². The van der Waals surface area contributed by atoms with Crippen LogP contribution in [0.1, 0.15) is 0 Å². The second-order valence-corrected chi connectivity index (χ2v) is 2.56. The molecule has 0 radical (unpaired) electrons. The van der Waals surface area contributed by atoms with E-state index in [2.05, 4.69) is 15.9 Å². The second-order valence-electron chi connectivity index (χ2n) is 2.56. The molecule has 1 heterocycles. The molecule has 5 heteroatoms. The molecule has 0 bridgehead atoms. The van der Waals surface area contributed by atoms with Crippen molar-refractivity contribution in [1.29, 1.82) is 0 Å². The van der Waals surface area contributed by atoms with E-state index in [1.807, 2.05) is 18.2 Å². The maximum absolute atomic E-state index is 11.7. The Morgan fingerprint density at radius 1 is 1.33 bits per heavy atom. The van der Waals surface area contributed by atoms with Gasteiger partial charge in [0.05, 0.1) is 0 Å². The molecule has 0 spiro atoms. The van der Waals surface area contributed by atoms with E-state index in [0.29, 0.717) is 5.69 Å². The van der Waals surface area contributed by atoms with Crippen LogP contribution in [-0.4, -0.2) is 6.67 Å². The normalized spacial score (nSPS) is 27.1. The molecule has 0 aromatic heterocycles. The van der Waals surface area contributed by atoms with Crippen LogP contribution in [-0.2, 0) is 0 Å². The molecule has 1 aromatic rings. The van der Waals surface area contributed by atoms with E-state index in [1.165, 1.54) is 0 Å². The third kappa shape index (κ3) is 1.05. The van der Waals surface area contributed by atoms with Gasteiger partial charge in [0.1, 0.15) is 0 Å². The van der Waals surface area contributed by atoms with Crippen molar-refractivity contribution in [3.8, 4) is 0 Å². The lowest BCUT2D eigenvalue weighted by atomic mass is 10.3. The summed E-state index contributed by atoms with van der Waals surface area (Å²) in [5, 5.41) is 18.8. The minimum atomic E-state index is -0.694. The van der Waals surface area contributed by atoms with E-state index in [9.17, 15) is 5.21 Å². The molecule has 2 rings (SSSR count). The predicted molar refractivity (Wildman–Crippen MR) is 44.5 cm³/mol. The molecule has 0 aliphatic carbocycles. The number of para-hydroxylation sites is 1. The van der Waals surface area contributed by atoms with Crippen LogP contribution < -0.4 is 10.3 Å². The van der Waals surface area contributed by atoms with Crippen LogP contribution in [0.15, 0.2) is 40.7 Å². The Morgan fingerprint density at radius 2 is 2.08 bits per heavy atom. The topological polar surface area (TPSA) is 59.8 Å². The summed E-state index contributed by atoms with van der Waals surface area (Å²) < 4.78 is -0.694. The largest absolute Gasteiger partial charge is 0.598 e. The second kappa shape index (κ2) is 2.54. The molecular formula is C7H8N4O. The molecule has 0 saturated heterocycles. The van der Waals surface area contributed by atoms with Crippen molar-refractivity contribution in [3.63, 3.8) is 0 Å². The smallest absolute Gasteiger partial charge is 0.222 e. The Kier molecular flexibility index (Phi) is 1.53. The lowest BCUT2D eigenvalue weighted by Gasteiger charge is -2.32. The van der Waals surface area contributed by atoms with Crippen molar-refractivity contribution in [3.05, 3.63) is 35.5 Å². The maximum atomic E-state index is 11.7. The van der Waals surface area contributed by atoms with Crippen LogP contribution in [0.3, 0.4) is 0 Å². The molecule has 5 nitrogen and oxygen atoms in total. The van der Waals surface area contributed by atoms with Crippen molar-refractivity contribution in [2.75, 3.05) is 6.67 Å². The number of hydroxylamine groups is 1. The highest BCUT2D eigenvalue weighted by Crippen LogP contribution is 2.20. The zero-order valence-electron chi connectivity index (χ0n) is 6.34. The van der Waals surface area contributed by atoms with Crippen LogP contribution in [0.5, 0.6) is 0 Å². The van der Waals surface area contributed by atoms with Gasteiger partial charge in [-0.25, -0.2) is 0 Å². The lowest BCUT2D eigenvalue weighted by molar-refractivity contribution is 0.332. The number of nitrogens with zero attached hydrogens (tertiary/aromatic N) is 3. The Hall–Kier alpha value is -1.46. The summed E-state index contributed by atoms with van der Waals surface area (Å²) in [6, 6.07) is 8.98. The van der Waals surface area contributed by atoms with E-state index in [-0.39, 0.29) is 6.67 Å². The van der Waals surface area contributed by atoms with Crippen LogP contribution >= 0.6 is 0 Å². The number of hydrogen-bond donors (Lipinski definition) is 1. The Bertz CT molecular complexity index is 290. The van der Waals surface area contributed by atoms with Crippen molar-refractivity contribution < 1.29 is 0 Å². The van der Waals surface area contributed by atoms with E-state index >= 15 is 0 Å². The minimum absolute atomic E-state index is 0.101. The van der Waals surface area contributed by atoms with Crippen LogP contribution in [0.2, 0.25) is 0 Å². The first-order chi connectivity index (χ1) is 5.81. The first-order valence-corrected chi connectivity index (χ1v) is 3.60. The van der Waals surface area contributed by atoms with Gasteiger partial charge >= 0.3 is 0 Å². The standard InChI is InChI=1S/C7H8N4O/c12-11(6-8-9-10-11)7-4-2-1-3-5-7/h1-5H,6H2,(H,8,10). The van der Waals surface area contributed by atoms with Crippen molar-refractivity contribution in [2.45, 2.75) is 0 Å². The molecule has 1 aromatic carbocycles. The fourth-order valence-corrected chi connectivity index (χ4v) is 1.06. The number of hydrogen-bond acceptors (Lipinski definition) is 4. The van der Waals surface area contributed by atoms with Gasteiger partial charge in [0.2, 0.25) is 6.67 Å². The van der Waals surface area contributed by atoms with E-state index < -0.39 is 4.76 Å². The van der Waals surface area contributed by atoms with Crippen LogP contribution in [0.25, 0.3) is 0 Å². The Labute approximate surface area is 69.4 Å². The highest BCUT2D eigenvalue weighted by Gasteiger charge is 2.23. The summed E-state index contributed by atoms with van der Waals surface area (Å²) in [6.45, 7) is 0.101. The number of benzene rings is 1. The highest BCUT2D eigenvalue weighted by molar-refractivity contribution is 5.42. The predicted octanol–water partition coefficient (Wildman–Crippen LogP) is 1.33. The van der Waals surface area contributed by atoms with E-state index in [4.69, 9.17) is 0 Å². The van der Waals surface area contributed by atoms with Gasteiger partial charge in [-0.2, -0.15) is 4.76 Å². The molecule has 1 N–H and O–H groups in total. The third-order valence-corrected chi connectivity index (χ3v) is 1.71. The van der Waals surface area contributed by atoms with Gasteiger partial charge in [-0.3, -0.25) is 0 Å². The van der Waals surface area contributed by atoms with Gasteiger partial charge < -0.3 is 5.21 Å². The molecule has 1 aliphatic heterocycles. The molecule has 0 amide bonds. The monoisotopic (exact) mass is 164 g/mol. The van der Waals surface area contributed by atoms with Gasteiger partial charge in [0, 0.05) is 12.1 Å². The average molecular weight is 164 g/mol. The minimum Gasteiger partial charge on any atom is -0.598 e. The Balaban J connectivity index is 2.31. The van der Waals surface area contributed by atoms with Gasteiger partial charge in [-0.1, -0.05) is 18.2 Å². The van der Waals surface area contributed by atoms with Gasteiger partial charge in [-0.15, -0.1) is 10.6 Å². The number of rotatable bonds is 1. The molecule has 62 valence electrons. The molecule has 1 unspecified atom stereocenters. The molecule has 1 atom stereocenters. The number of quaternary nitrogens is 1. The summed E-state index contributed by atoms with van der Waals surface area (Å²) in [7, 11) is 0. The van der Waals surface area contributed by atoms with Crippen molar-refractivity contribution in [2.24, 2.45) is 10.3 Å². The summed E-state index contributed by atoms with van der Waals surface area (Å²) >= 11 is 0. The summed E-state index contributed by atoms with van der Waals surface area (Å²) in [6.07, 6.45) is 0. The molecular weight excluding hydrogens is 156 g/mol. The quantitative estimate of drug-likeness (QED) is 0.502. The van der Waals surface area contributed by atoms with Crippen molar-refractivity contribution >= 4 is 5.69 Å². The van der Waals surface area contributed by atoms with Gasteiger partial charge in [0.15, 0.2) is 5.69 Å². The zero-order chi connectivity index (χ0) is 8.44. The summed E-state index contributed by atoms with van der Waals surface area (Å²) in [4.78, 5) is 0. The van der Waals surface area contributed by atoms with E-state index in [0.717, 1.165) is 0 Å². The molecule has 0 fully saturated rings. The van der Waals surface area contributed by atoms with Crippen LogP contribution in [0, 0.1) is 5.21 Å². The maximum Gasteiger partial charge on any atom is 0.222 e. The Morgan fingerprint density at radius 3 is 2.67 bits per heavy atom. The van der Waals surface area contributed by atoms with E-state index in [1.54, 1.807) is 12.1 Å². The first-order valence-electron chi connectivity index (χ1n) is 3.60. The first kappa shape index (κ1) is 7.20. The summed E-state index contributed by atoms with van der Waals surface area (Å²) in [5.41, 5.74) is 3.00. The number of nitrogens with one attached hydrogen (secondary N) is 1. The van der Waals surface area contributed by atoms with Crippen LogP contribution in [0.4, 0.5) is 5.69 Å². The molecule has 1 aliphatic rings. The lowest BCUT2D eigenvalue weighted by Crippen LogP contribution is -2.48. The average Bonchev–Trinajstić information content (AvgIpc) is 2.55. The van der Waals surface area contributed by atoms with Crippen molar-refractivity contribution in [1.82, 2.24) is 10.3 Å². The highest BCUT2D eigenvalue weighted by atomic mass is 16.6. The fourth-order valence-electron chi connectivity index (χ4n) is 1.06.